The first-order valence-electron chi connectivity index (χ1n) is 11.3. The molecule has 0 radical (unpaired) electrons. The second-order valence-electron chi connectivity index (χ2n) is 8.31. The zero-order valence-corrected chi connectivity index (χ0v) is 22.3. The van der Waals surface area contributed by atoms with Gasteiger partial charge in [0.1, 0.15) is 0 Å². The molecule has 1 amide bonds. The third-order valence-corrected chi connectivity index (χ3v) is 6.84. The second-order valence-corrected chi connectivity index (χ2v) is 9.28. The monoisotopic (exact) mass is 596 g/mol. The van der Waals surface area contributed by atoms with Gasteiger partial charge in [0.15, 0.2) is 16.5 Å². The van der Waals surface area contributed by atoms with Crippen molar-refractivity contribution in [2.24, 2.45) is 17.3 Å². The van der Waals surface area contributed by atoms with E-state index in [1.54, 1.807) is 7.05 Å². The molecule has 0 saturated carbocycles. The number of thioether (sulfide) groups is 1. The molecule has 0 spiro atoms. The number of azo groups is 1. The maximum atomic E-state index is 13.2. The lowest BCUT2D eigenvalue weighted by atomic mass is 10.2. The molecule has 0 aliphatic carbocycles. The summed E-state index contributed by atoms with van der Waals surface area (Å²) in [5.41, 5.74) is 7.62. The molecule has 0 fully saturated rings. The van der Waals surface area contributed by atoms with Crippen LogP contribution >= 0.6 is 24.2 Å². The van der Waals surface area contributed by atoms with Crippen LogP contribution in [0.25, 0.3) is 27.8 Å². The number of carbonyl (C=O) groups is 1. The highest BCUT2D eigenvalue weighted by Gasteiger charge is 2.25. The highest BCUT2D eigenvalue weighted by Crippen LogP contribution is 2.39. The topological polar surface area (TPSA) is 234 Å². The number of nitro benzene ring substituents is 1. The molecule has 6 aromatic rings. The summed E-state index contributed by atoms with van der Waals surface area (Å²) in [7, 11) is 1.54. The van der Waals surface area contributed by atoms with Crippen LogP contribution in [-0.4, -0.2) is 55.8 Å². The third-order valence-electron chi connectivity index (χ3n) is 5.95. The van der Waals surface area contributed by atoms with E-state index >= 15 is 0 Å². The number of aromatic nitrogens is 8. The van der Waals surface area contributed by atoms with E-state index in [1.807, 2.05) is 24.3 Å². The van der Waals surface area contributed by atoms with Gasteiger partial charge in [-0.2, -0.15) is 4.68 Å². The molecule has 208 valence electrons. The van der Waals surface area contributed by atoms with Crippen LogP contribution in [0.4, 0.5) is 17.2 Å². The lowest BCUT2D eigenvalue weighted by Crippen LogP contribution is -2.07. The number of nitrogens with zero attached hydrogens (tertiary/aromatic N) is 10. The molecule has 0 aliphatic rings. The molecule has 4 N–H and O–H groups in total. The van der Waals surface area contributed by atoms with Gasteiger partial charge in [-0.25, -0.2) is 9.61 Å². The molecule has 4 aromatic heterocycles. The lowest BCUT2D eigenvalue weighted by Gasteiger charge is -2.03. The number of halogens is 1. The number of nitrogens with two attached hydrogens (primary N) is 1. The Bertz CT molecular complexity index is 1940. The van der Waals surface area contributed by atoms with E-state index in [2.05, 4.69) is 45.5 Å². The van der Waals surface area contributed by atoms with E-state index in [-0.39, 0.29) is 63.8 Å². The minimum Gasteiger partial charge on any atom is -0.493 e. The predicted molar refractivity (Wildman–Crippen MR) is 147 cm³/mol. The molecule has 17 nitrogen and oxygen atoms in total. The summed E-state index contributed by atoms with van der Waals surface area (Å²) in [6.07, 6.45) is 0. The van der Waals surface area contributed by atoms with Crippen LogP contribution in [0.1, 0.15) is 16.2 Å². The number of nitrogens with one attached hydrogen (secondary N) is 1. The van der Waals surface area contributed by atoms with Gasteiger partial charge in [0.05, 0.1) is 27.2 Å². The van der Waals surface area contributed by atoms with Gasteiger partial charge in [-0.3, -0.25) is 14.9 Å². The molecular formula is C22H17ClN12O5S. The number of non-ortho nitro benzene ring substituents is 1. The van der Waals surface area contributed by atoms with Gasteiger partial charge >= 0.3 is 5.91 Å². The number of aryl methyl sites for hydroxylation is 1. The van der Waals surface area contributed by atoms with Crippen LogP contribution in [0.15, 0.2) is 62.5 Å². The minimum absolute atomic E-state index is 0. The SMILES string of the molecule is Cl.Cn1c(O)c(N=NC(=O)c2nnn(-c3nonc3N)c2CSc2nc3ccccc3[nH]2)c2cc([N+](=O)[O-])ccc21. The Balaban J connectivity index is 0.00000337. The van der Waals surface area contributed by atoms with Crippen molar-refractivity contribution >= 4 is 69.2 Å². The second kappa shape index (κ2) is 10.7. The fourth-order valence-electron chi connectivity index (χ4n) is 3.99. The minimum atomic E-state index is -0.900. The van der Waals surface area contributed by atoms with Crippen molar-refractivity contribution in [3.63, 3.8) is 0 Å². The number of rotatable bonds is 7. The summed E-state index contributed by atoms with van der Waals surface area (Å²) in [6.45, 7) is 0. The van der Waals surface area contributed by atoms with Crippen molar-refractivity contribution in [1.29, 1.82) is 0 Å². The number of para-hydroxylation sites is 2. The standard InChI is InChI=1S/C22H16N12O5S.ClH/c1-32-14-7-6-10(34(37)38)8-11(14)16(21(32)36)26-28-20(35)17-15(33(31-27-17)19-18(23)29-39-30-19)9-40-22-24-12-4-2-3-5-13(12)25-22;/h2-8,36H,9H2,1H3,(H2,23,29)(H,24,25);1H. The molecule has 0 bridgehead atoms. The van der Waals surface area contributed by atoms with E-state index in [0.717, 1.165) is 11.0 Å². The van der Waals surface area contributed by atoms with E-state index < -0.39 is 10.8 Å². The van der Waals surface area contributed by atoms with Crippen molar-refractivity contribution in [2.75, 3.05) is 5.73 Å². The first-order valence-corrected chi connectivity index (χ1v) is 12.3. The molecular weight excluding hydrogens is 580 g/mol. The number of aromatic amines is 1. The fourth-order valence-corrected chi connectivity index (χ4v) is 4.87. The zero-order chi connectivity index (χ0) is 28.0. The van der Waals surface area contributed by atoms with Crippen LogP contribution in [0.3, 0.4) is 0 Å². The molecule has 2 aromatic carbocycles. The van der Waals surface area contributed by atoms with Crippen LogP contribution in [0.2, 0.25) is 0 Å². The number of hydrogen-bond acceptors (Lipinski definition) is 13. The Morgan fingerprint density at radius 2 is 2.07 bits per heavy atom. The van der Waals surface area contributed by atoms with E-state index in [4.69, 9.17) is 5.73 Å². The number of H-pyrrole nitrogens is 1. The van der Waals surface area contributed by atoms with Gasteiger partial charge in [0, 0.05) is 30.3 Å². The molecule has 6 rings (SSSR count). The number of fused-ring (bicyclic) bond motifs is 2. The summed E-state index contributed by atoms with van der Waals surface area (Å²) in [5, 5.41) is 45.5. The summed E-state index contributed by atoms with van der Waals surface area (Å²) < 4.78 is 7.23. The van der Waals surface area contributed by atoms with Crippen LogP contribution in [-0.2, 0) is 12.8 Å². The van der Waals surface area contributed by atoms with Crippen LogP contribution in [0, 0.1) is 10.1 Å². The summed E-state index contributed by atoms with van der Waals surface area (Å²) in [4.78, 5) is 31.6. The van der Waals surface area contributed by atoms with Gasteiger partial charge < -0.3 is 20.4 Å². The quantitative estimate of drug-likeness (QED) is 0.103. The molecule has 19 heteroatoms. The smallest absolute Gasteiger partial charge is 0.317 e. The molecule has 0 aliphatic heterocycles. The van der Waals surface area contributed by atoms with Gasteiger partial charge in [0.2, 0.25) is 17.5 Å². The first kappa shape index (κ1) is 27.2. The number of aromatic hydroxyl groups is 1. The summed E-state index contributed by atoms with van der Waals surface area (Å²) >= 11 is 1.26. The largest absolute Gasteiger partial charge is 0.493 e. The van der Waals surface area contributed by atoms with E-state index in [9.17, 15) is 20.0 Å². The molecule has 4 heterocycles. The number of nitro groups is 1. The Morgan fingerprint density at radius 1 is 1.27 bits per heavy atom. The number of amides is 1. The van der Waals surface area contributed by atoms with Gasteiger partial charge in [-0.1, -0.05) is 29.1 Å². The molecule has 0 saturated heterocycles. The zero-order valence-electron chi connectivity index (χ0n) is 20.7. The van der Waals surface area contributed by atoms with Crippen molar-refractivity contribution in [3.05, 3.63) is 64.0 Å². The van der Waals surface area contributed by atoms with Crippen molar-refractivity contribution < 1.29 is 19.5 Å². The number of anilines is 1. The Morgan fingerprint density at radius 3 is 2.80 bits per heavy atom. The molecule has 0 atom stereocenters. The Hall–Kier alpha value is -5.36. The normalized spacial score (nSPS) is 11.4. The van der Waals surface area contributed by atoms with Crippen LogP contribution in [0.5, 0.6) is 5.88 Å². The first-order chi connectivity index (χ1) is 19.3. The van der Waals surface area contributed by atoms with Gasteiger partial charge in [-0.15, -0.1) is 27.7 Å². The van der Waals surface area contributed by atoms with Crippen molar-refractivity contribution in [1.82, 2.24) is 39.8 Å². The maximum Gasteiger partial charge on any atom is 0.317 e. The number of benzene rings is 2. The van der Waals surface area contributed by atoms with Crippen LogP contribution < -0.4 is 5.73 Å². The van der Waals surface area contributed by atoms with Crippen molar-refractivity contribution in [3.8, 4) is 11.7 Å². The number of nitrogen functional groups attached to an aromatic ring is 1. The number of imidazole rings is 1. The van der Waals surface area contributed by atoms with Crippen molar-refractivity contribution in [2.45, 2.75) is 10.9 Å². The predicted octanol–water partition coefficient (Wildman–Crippen LogP) is 3.85. The third kappa shape index (κ3) is 4.80. The van der Waals surface area contributed by atoms with Gasteiger partial charge in [0.25, 0.3) is 5.69 Å². The highest BCUT2D eigenvalue weighted by atomic mass is 35.5. The highest BCUT2D eigenvalue weighted by molar-refractivity contribution is 7.98. The maximum absolute atomic E-state index is 13.2. The van der Waals surface area contributed by atoms with E-state index in [1.165, 1.54) is 39.2 Å². The Kier molecular flexibility index (Phi) is 7.08. The molecule has 0 unspecified atom stereocenters. The number of carbonyl (C=O) groups excluding carboxylic acids is 1. The fraction of sp³-hybridized carbons (Fsp3) is 0.0909. The summed E-state index contributed by atoms with van der Waals surface area (Å²) in [6, 6.07) is 11.5. The number of hydrogen-bond donors (Lipinski definition) is 3. The molecule has 41 heavy (non-hydrogen) atoms. The lowest BCUT2D eigenvalue weighted by molar-refractivity contribution is -0.384. The summed E-state index contributed by atoms with van der Waals surface area (Å²) in [5.74, 6) is -1.17. The average Bonchev–Trinajstić information content (AvgIpc) is 3.71. The van der Waals surface area contributed by atoms with E-state index in [0.29, 0.717) is 10.7 Å². The Labute approximate surface area is 238 Å². The van der Waals surface area contributed by atoms with Gasteiger partial charge in [-0.05, 0) is 28.5 Å². The average molecular weight is 597 g/mol.